The lowest BCUT2D eigenvalue weighted by Crippen LogP contribution is -2.50. The van der Waals surface area contributed by atoms with Crippen LogP contribution in [0, 0.1) is 17.8 Å². The standard InChI is InChI=1S/C27H38N4O7/c1-15(25(34)30-16(2)26(35)38-14-19-12-18-13-21(18)19)29-23(32)9-10-24(33)31-20-7-5-17(6-8-20)11-22(28-3)27(36)37-4/h5-8,15-16,18-19,21-22,28H,9-14H2,1-4H3,(H,29,32)(H,30,34)(H,31,33). The van der Waals surface area contributed by atoms with Crippen LogP contribution in [0.1, 0.15) is 45.1 Å². The van der Waals surface area contributed by atoms with Crippen molar-refractivity contribution < 1.29 is 33.4 Å². The molecule has 3 amide bonds. The number of anilines is 1. The van der Waals surface area contributed by atoms with Crippen molar-refractivity contribution in [1.82, 2.24) is 16.0 Å². The lowest BCUT2D eigenvalue weighted by molar-refractivity contribution is -0.149. The molecule has 38 heavy (non-hydrogen) atoms. The average molecular weight is 531 g/mol. The molecule has 4 N–H and O–H groups in total. The molecule has 208 valence electrons. The summed E-state index contributed by atoms with van der Waals surface area (Å²) in [5.74, 6) is -0.183. The van der Waals surface area contributed by atoms with Crippen LogP contribution in [-0.2, 0) is 39.9 Å². The molecule has 0 aromatic heterocycles. The van der Waals surface area contributed by atoms with E-state index in [1.807, 2.05) is 0 Å². The Bertz CT molecular complexity index is 1030. The molecule has 0 aliphatic heterocycles. The van der Waals surface area contributed by atoms with E-state index in [1.54, 1.807) is 38.2 Å². The molecular formula is C27H38N4O7. The molecule has 2 fully saturated rings. The fourth-order valence-corrected chi connectivity index (χ4v) is 4.63. The molecule has 11 nitrogen and oxygen atoms in total. The highest BCUT2D eigenvalue weighted by Crippen LogP contribution is 2.59. The first-order valence-electron chi connectivity index (χ1n) is 13.0. The highest BCUT2D eigenvalue weighted by atomic mass is 16.5. The molecule has 2 aliphatic rings. The van der Waals surface area contributed by atoms with Crippen LogP contribution in [0.25, 0.3) is 0 Å². The zero-order valence-corrected chi connectivity index (χ0v) is 22.4. The quantitative estimate of drug-likeness (QED) is 0.259. The zero-order valence-electron chi connectivity index (χ0n) is 22.4. The first kappa shape index (κ1) is 29.1. The fraction of sp³-hybridized carbons (Fsp3) is 0.593. The van der Waals surface area contributed by atoms with Crippen molar-refractivity contribution in [3.8, 4) is 0 Å². The minimum Gasteiger partial charge on any atom is -0.468 e. The van der Waals surface area contributed by atoms with Crippen molar-refractivity contribution in [2.75, 3.05) is 26.1 Å². The monoisotopic (exact) mass is 530 g/mol. The number of carbonyl (C=O) groups is 5. The van der Waals surface area contributed by atoms with Gasteiger partial charge in [-0.1, -0.05) is 12.1 Å². The van der Waals surface area contributed by atoms with E-state index in [2.05, 4.69) is 21.3 Å². The summed E-state index contributed by atoms with van der Waals surface area (Å²) in [5, 5.41) is 10.7. The minimum atomic E-state index is -0.876. The summed E-state index contributed by atoms with van der Waals surface area (Å²) in [4.78, 5) is 60.7. The molecule has 1 aromatic carbocycles. The van der Waals surface area contributed by atoms with Gasteiger partial charge >= 0.3 is 11.9 Å². The average Bonchev–Trinajstić information content (AvgIpc) is 3.55. The van der Waals surface area contributed by atoms with Crippen LogP contribution in [0.2, 0.25) is 0 Å². The van der Waals surface area contributed by atoms with Crippen LogP contribution in [0.5, 0.6) is 0 Å². The third-order valence-corrected chi connectivity index (χ3v) is 7.20. The number of nitrogens with one attached hydrogen (secondary N) is 4. The molecule has 0 saturated heterocycles. The van der Waals surface area contributed by atoms with E-state index in [0.29, 0.717) is 30.6 Å². The van der Waals surface area contributed by atoms with Gasteiger partial charge in [0.2, 0.25) is 17.7 Å². The molecule has 0 heterocycles. The van der Waals surface area contributed by atoms with Gasteiger partial charge in [-0.25, -0.2) is 4.79 Å². The Kier molecular flexibility index (Phi) is 10.2. The van der Waals surface area contributed by atoms with Crippen molar-refractivity contribution in [3.63, 3.8) is 0 Å². The Labute approximate surface area is 222 Å². The van der Waals surface area contributed by atoms with Crippen LogP contribution in [-0.4, -0.2) is 68.6 Å². The van der Waals surface area contributed by atoms with Crippen LogP contribution >= 0.6 is 0 Å². The molecule has 2 saturated carbocycles. The number of rotatable bonds is 14. The molecule has 3 rings (SSSR count). The predicted octanol–water partition coefficient (Wildman–Crippen LogP) is 0.917. The Morgan fingerprint density at radius 3 is 2.18 bits per heavy atom. The molecule has 0 radical (unpaired) electrons. The maximum absolute atomic E-state index is 12.4. The molecular weight excluding hydrogens is 492 g/mol. The summed E-state index contributed by atoms with van der Waals surface area (Å²) >= 11 is 0. The first-order valence-corrected chi connectivity index (χ1v) is 13.0. The number of hydrogen-bond donors (Lipinski definition) is 4. The second kappa shape index (κ2) is 13.4. The Morgan fingerprint density at radius 2 is 1.61 bits per heavy atom. The van der Waals surface area contributed by atoms with Crippen LogP contribution in [0.15, 0.2) is 24.3 Å². The van der Waals surface area contributed by atoms with Crippen LogP contribution in [0.4, 0.5) is 5.69 Å². The van der Waals surface area contributed by atoms with Gasteiger partial charge in [0, 0.05) is 18.5 Å². The topological polar surface area (TPSA) is 152 Å². The van der Waals surface area contributed by atoms with Crippen molar-refractivity contribution >= 4 is 35.3 Å². The summed E-state index contributed by atoms with van der Waals surface area (Å²) in [5.41, 5.74) is 1.44. The molecule has 0 bridgehead atoms. The highest BCUT2D eigenvalue weighted by Gasteiger charge is 2.53. The lowest BCUT2D eigenvalue weighted by atomic mass is 9.86. The smallest absolute Gasteiger partial charge is 0.328 e. The lowest BCUT2D eigenvalue weighted by Gasteiger charge is -2.25. The number of fused-ring (bicyclic) bond motifs is 1. The number of hydrogen-bond acceptors (Lipinski definition) is 8. The highest BCUT2D eigenvalue weighted by molar-refractivity contribution is 5.94. The van der Waals surface area contributed by atoms with Crippen LogP contribution in [0.3, 0.4) is 0 Å². The largest absolute Gasteiger partial charge is 0.468 e. The van der Waals surface area contributed by atoms with Crippen molar-refractivity contribution in [1.29, 1.82) is 0 Å². The van der Waals surface area contributed by atoms with Gasteiger partial charge in [0.25, 0.3) is 0 Å². The summed E-state index contributed by atoms with van der Waals surface area (Å²) in [6.07, 6.45) is 2.60. The normalized spacial score (nSPS) is 21.4. The first-order chi connectivity index (χ1) is 18.1. The van der Waals surface area contributed by atoms with Gasteiger partial charge in [-0.05, 0) is 75.6 Å². The molecule has 1 aromatic rings. The maximum atomic E-state index is 12.4. The number of likely N-dealkylation sites (N-methyl/N-ethyl adjacent to an activating group) is 1. The minimum absolute atomic E-state index is 0.0716. The summed E-state index contributed by atoms with van der Waals surface area (Å²) in [7, 11) is 3.01. The van der Waals surface area contributed by atoms with Crippen molar-refractivity contribution in [2.45, 2.75) is 64.1 Å². The van der Waals surface area contributed by atoms with E-state index in [9.17, 15) is 24.0 Å². The van der Waals surface area contributed by atoms with Gasteiger partial charge in [-0.15, -0.1) is 0 Å². The SMILES string of the molecule is CNC(Cc1ccc(NC(=O)CCC(=O)NC(C)C(=O)NC(C)C(=O)OCC2CC3CC23)cc1)C(=O)OC. The third-order valence-electron chi connectivity index (χ3n) is 7.20. The number of esters is 2. The molecule has 2 aliphatic carbocycles. The Morgan fingerprint density at radius 1 is 0.921 bits per heavy atom. The maximum Gasteiger partial charge on any atom is 0.328 e. The number of amides is 3. The molecule has 0 spiro atoms. The van der Waals surface area contributed by atoms with Crippen molar-refractivity contribution in [3.05, 3.63) is 29.8 Å². The van der Waals surface area contributed by atoms with Gasteiger partial charge in [0.1, 0.15) is 18.1 Å². The fourth-order valence-electron chi connectivity index (χ4n) is 4.63. The molecule has 11 heteroatoms. The summed E-state index contributed by atoms with van der Waals surface area (Å²) in [6, 6.07) is 4.85. The Balaban J connectivity index is 1.32. The van der Waals surface area contributed by atoms with Gasteiger partial charge in [-0.3, -0.25) is 19.2 Å². The second-order valence-electron chi connectivity index (χ2n) is 10.1. The number of ether oxygens (including phenoxy) is 2. The number of carbonyl (C=O) groups excluding carboxylic acids is 5. The number of benzene rings is 1. The van der Waals surface area contributed by atoms with E-state index >= 15 is 0 Å². The van der Waals surface area contributed by atoms with E-state index < -0.39 is 35.9 Å². The summed E-state index contributed by atoms with van der Waals surface area (Å²) in [6.45, 7) is 3.45. The third kappa shape index (κ3) is 8.27. The number of methoxy groups -OCH3 is 1. The van der Waals surface area contributed by atoms with Crippen LogP contribution < -0.4 is 21.3 Å². The summed E-state index contributed by atoms with van der Waals surface area (Å²) < 4.78 is 10.1. The van der Waals surface area contributed by atoms with Gasteiger partial charge in [0.05, 0.1) is 13.7 Å². The van der Waals surface area contributed by atoms with Crippen molar-refractivity contribution in [2.24, 2.45) is 17.8 Å². The van der Waals surface area contributed by atoms with E-state index in [4.69, 9.17) is 9.47 Å². The van der Waals surface area contributed by atoms with E-state index in [-0.39, 0.29) is 24.7 Å². The van der Waals surface area contributed by atoms with E-state index in [0.717, 1.165) is 17.9 Å². The van der Waals surface area contributed by atoms with E-state index in [1.165, 1.54) is 20.5 Å². The second-order valence-corrected chi connectivity index (χ2v) is 10.1. The van der Waals surface area contributed by atoms with Gasteiger partial charge < -0.3 is 30.7 Å². The zero-order chi connectivity index (χ0) is 27.8. The Hall–Kier alpha value is -3.47. The molecule has 6 unspecified atom stereocenters. The van der Waals surface area contributed by atoms with Gasteiger partial charge in [0.15, 0.2) is 0 Å². The molecule has 6 atom stereocenters. The van der Waals surface area contributed by atoms with Gasteiger partial charge in [-0.2, -0.15) is 0 Å². The predicted molar refractivity (Wildman–Crippen MR) is 139 cm³/mol.